The number of hydrogen-bond acceptors (Lipinski definition) is 5. The maximum absolute atomic E-state index is 14.6. The average Bonchev–Trinajstić information content (AvgIpc) is 3.33. The molecule has 2 aliphatic carbocycles. The second-order valence-corrected chi connectivity index (χ2v) is 9.41. The van der Waals surface area contributed by atoms with Crippen LogP contribution in [0.25, 0.3) is 0 Å². The van der Waals surface area contributed by atoms with Gasteiger partial charge in [0.05, 0.1) is 16.2 Å². The maximum Gasteiger partial charge on any atom is 0.204 e. The van der Waals surface area contributed by atoms with Crippen molar-refractivity contribution in [3.63, 3.8) is 0 Å². The molecular weight excluding hydrogens is 401 g/mol. The lowest BCUT2D eigenvalue weighted by Gasteiger charge is -2.16. The van der Waals surface area contributed by atoms with Gasteiger partial charge in [-0.05, 0) is 63.5 Å². The fourth-order valence-electron chi connectivity index (χ4n) is 3.72. The molecule has 0 saturated carbocycles. The molecule has 0 fully saturated rings. The minimum absolute atomic E-state index is 0.109. The van der Waals surface area contributed by atoms with E-state index in [1.807, 2.05) is 0 Å². The van der Waals surface area contributed by atoms with Gasteiger partial charge in [0.1, 0.15) is 4.90 Å². The molecule has 4 N–H and O–H groups in total. The molecule has 4 rings (SSSR count). The van der Waals surface area contributed by atoms with E-state index in [1.54, 1.807) is 0 Å². The number of anilines is 1. The molecule has 6 nitrogen and oxygen atoms in total. The predicted octanol–water partition coefficient (Wildman–Crippen LogP) is 2.72. The summed E-state index contributed by atoms with van der Waals surface area (Å²) >= 11 is 1.10. The molecule has 2 heterocycles. The second kappa shape index (κ2) is 8.26. The van der Waals surface area contributed by atoms with Gasteiger partial charge < -0.3 is 15.6 Å². The van der Waals surface area contributed by atoms with Crippen molar-refractivity contribution in [1.82, 2.24) is 4.98 Å². The van der Waals surface area contributed by atoms with Crippen molar-refractivity contribution in [2.24, 2.45) is 5.73 Å². The predicted molar refractivity (Wildman–Crippen MR) is 108 cm³/mol. The number of primary amides is 1. The molecule has 0 radical (unpaired) electrons. The van der Waals surface area contributed by atoms with E-state index >= 15 is 0 Å². The zero-order valence-electron chi connectivity index (χ0n) is 15.9. The zero-order chi connectivity index (χ0) is 20.5. The monoisotopic (exact) mass is 425 g/mol. The lowest BCUT2D eigenvalue weighted by Crippen LogP contribution is -2.16. The summed E-state index contributed by atoms with van der Waals surface area (Å²) in [7, 11) is -1.70. The highest BCUT2D eigenvalue weighted by Crippen LogP contribution is 2.38. The molecule has 1 atom stereocenters. The van der Waals surface area contributed by atoms with E-state index in [-0.39, 0.29) is 16.2 Å². The van der Waals surface area contributed by atoms with Gasteiger partial charge in [-0.15, -0.1) is 11.3 Å². The van der Waals surface area contributed by atoms with Crippen molar-refractivity contribution in [1.29, 1.82) is 0 Å². The number of carbonyl (C=O) groups excluding carboxylic acids is 1. The molecule has 1 unspecified atom stereocenters. The van der Waals surface area contributed by atoms with E-state index in [1.165, 1.54) is 19.2 Å². The van der Waals surface area contributed by atoms with Crippen LogP contribution < -0.4 is 10.5 Å². The number of rotatable bonds is 4. The van der Waals surface area contributed by atoms with Crippen LogP contribution in [0.5, 0.6) is 0 Å². The molecule has 9 heteroatoms. The van der Waals surface area contributed by atoms with Gasteiger partial charge in [-0.3, -0.25) is 9.78 Å². The third kappa shape index (κ3) is 3.97. The lowest BCUT2D eigenvalue weighted by molar-refractivity contribution is -0.106. The van der Waals surface area contributed by atoms with Gasteiger partial charge in [0.2, 0.25) is 6.41 Å². The van der Waals surface area contributed by atoms with Crippen LogP contribution in [-0.4, -0.2) is 20.7 Å². The second-order valence-electron chi connectivity index (χ2n) is 7.35. The van der Waals surface area contributed by atoms with Crippen LogP contribution >= 0.6 is 11.3 Å². The van der Waals surface area contributed by atoms with E-state index in [0.29, 0.717) is 0 Å². The molecule has 0 aromatic carbocycles. The van der Waals surface area contributed by atoms with E-state index in [9.17, 15) is 13.7 Å². The van der Waals surface area contributed by atoms with E-state index in [0.717, 1.165) is 78.1 Å². The first-order chi connectivity index (χ1) is 13.3. The molecule has 152 valence electrons. The van der Waals surface area contributed by atoms with Gasteiger partial charge >= 0.3 is 0 Å². The number of nitrogens with zero attached hydrogens (tertiary/aromatic N) is 1. The number of thiophene rings is 1. The molecular formula is C19H24FN3O3S2. The van der Waals surface area contributed by atoms with Gasteiger partial charge in [0, 0.05) is 16.8 Å². The number of hydrogen-bond donors (Lipinski definition) is 3. The summed E-state index contributed by atoms with van der Waals surface area (Å²) in [6.45, 7) is 3.06. The molecule has 1 amide bonds. The minimum Gasteiger partial charge on any atom is -0.385 e. The standard InChI is InChI=1S/C18H21FN2O2S2.CH3NO/c1-18(2,22)17-15(19)14(9-24-17)25(23)21-16-10-5-3-7-12(10)20-13-8-4-6-11(13)16;2-1-3/h9,22H,3-8H2,1-2H3,(H,20,21);1H,(H2,2,3). The van der Waals surface area contributed by atoms with Gasteiger partial charge in [-0.1, -0.05) is 0 Å². The Hall–Kier alpha value is -1.84. The van der Waals surface area contributed by atoms with Crippen LogP contribution in [0.15, 0.2) is 10.3 Å². The third-order valence-electron chi connectivity index (χ3n) is 4.90. The Morgan fingerprint density at radius 3 is 2.25 bits per heavy atom. The normalized spacial score (nSPS) is 16.0. The lowest BCUT2D eigenvalue weighted by atomic mass is 10.1. The number of fused-ring (bicyclic) bond motifs is 2. The summed E-state index contributed by atoms with van der Waals surface area (Å²) in [6.07, 6.45) is 6.13. The number of aromatic nitrogens is 1. The summed E-state index contributed by atoms with van der Waals surface area (Å²) in [4.78, 5) is 13.7. The van der Waals surface area contributed by atoms with Gasteiger partial charge in [-0.25, -0.2) is 8.60 Å². The number of nitrogens with one attached hydrogen (secondary N) is 1. The van der Waals surface area contributed by atoms with E-state index < -0.39 is 22.4 Å². The minimum atomic E-state index is -1.70. The summed E-state index contributed by atoms with van der Waals surface area (Å²) in [5, 5.41) is 11.6. The Labute approximate surface area is 170 Å². The first-order valence-corrected chi connectivity index (χ1v) is 11.2. The topological polar surface area (TPSA) is 105 Å². The van der Waals surface area contributed by atoms with Crippen LogP contribution in [0, 0.1) is 5.82 Å². The summed E-state index contributed by atoms with van der Waals surface area (Å²) in [5.74, 6) is -0.578. The van der Waals surface area contributed by atoms with Crippen LogP contribution in [0.4, 0.5) is 10.1 Å². The van der Waals surface area contributed by atoms with Crippen molar-refractivity contribution >= 4 is 34.4 Å². The van der Waals surface area contributed by atoms with Gasteiger partial charge in [-0.2, -0.15) is 0 Å². The summed E-state index contributed by atoms with van der Waals surface area (Å²) in [5.41, 5.74) is 8.28. The molecule has 2 aliphatic rings. The smallest absolute Gasteiger partial charge is 0.204 e. The molecule has 2 aromatic heterocycles. The number of carbonyl (C=O) groups is 1. The molecule has 2 aromatic rings. The summed E-state index contributed by atoms with van der Waals surface area (Å²) < 4.78 is 30.6. The van der Waals surface area contributed by atoms with Crippen molar-refractivity contribution in [3.05, 3.63) is 38.6 Å². The Morgan fingerprint density at radius 1 is 1.25 bits per heavy atom. The summed E-state index contributed by atoms with van der Waals surface area (Å²) in [6, 6.07) is 0. The average molecular weight is 426 g/mol. The van der Waals surface area contributed by atoms with Crippen molar-refractivity contribution in [2.45, 2.75) is 62.9 Å². The van der Waals surface area contributed by atoms with Gasteiger partial charge in [0.15, 0.2) is 16.8 Å². The number of halogens is 1. The van der Waals surface area contributed by atoms with Crippen LogP contribution in [0.3, 0.4) is 0 Å². The highest BCUT2D eigenvalue weighted by atomic mass is 32.2. The fraction of sp³-hybridized carbons (Fsp3) is 0.474. The van der Waals surface area contributed by atoms with Crippen molar-refractivity contribution < 1.29 is 18.5 Å². The van der Waals surface area contributed by atoms with Crippen LogP contribution in [0.2, 0.25) is 0 Å². The van der Waals surface area contributed by atoms with Crippen molar-refractivity contribution in [3.8, 4) is 0 Å². The first kappa shape index (κ1) is 20.9. The van der Waals surface area contributed by atoms with Crippen LogP contribution in [-0.2, 0) is 47.1 Å². The molecule has 0 spiro atoms. The maximum atomic E-state index is 14.6. The first-order valence-electron chi connectivity index (χ1n) is 9.15. The number of nitrogens with two attached hydrogens (primary N) is 1. The zero-order valence-corrected chi connectivity index (χ0v) is 17.5. The number of pyridine rings is 1. The Morgan fingerprint density at radius 2 is 1.79 bits per heavy atom. The van der Waals surface area contributed by atoms with E-state index in [4.69, 9.17) is 9.78 Å². The number of aryl methyl sites for hydroxylation is 2. The SMILES string of the molecule is CC(C)(O)c1scc(S(=O)Nc2c3c(nc4c2CCC4)CCC3)c1F.NC=O. The molecule has 28 heavy (non-hydrogen) atoms. The van der Waals surface area contributed by atoms with E-state index in [2.05, 4.69) is 10.5 Å². The third-order valence-corrected chi connectivity index (χ3v) is 7.40. The highest BCUT2D eigenvalue weighted by molar-refractivity contribution is 7.86. The largest absolute Gasteiger partial charge is 0.385 e. The number of amides is 1. The van der Waals surface area contributed by atoms with Crippen molar-refractivity contribution in [2.75, 3.05) is 4.72 Å². The number of aliphatic hydroxyl groups is 1. The fourth-order valence-corrected chi connectivity index (χ4v) is 5.92. The van der Waals surface area contributed by atoms with Crippen LogP contribution in [0.1, 0.15) is 54.1 Å². The highest BCUT2D eigenvalue weighted by Gasteiger charge is 2.30. The molecule has 0 aliphatic heterocycles. The Kier molecular flexibility index (Phi) is 6.16. The van der Waals surface area contributed by atoms with Gasteiger partial charge in [0.25, 0.3) is 0 Å². The Bertz CT molecular complexity index is 890. The Balaban J connectivity index is 0.000000706. The quantitative estimate of drug-likeness (QED) is 0.655. The molecule has 0 saturated heterocycles. The molecule has 0 bridgehead atoms.